The number of carbonyl (C=O) groups excluding carboxylic acids is 1. The summed E-state index contributed by atoms with van der Waals surface area (Å²) in [6.45, 7) is 5.47. The van der Waals surface area contributed by atoms with Crippen molar-refractivity contribution < 1.29 is 34.2 Å². The first-order valence-electron chi connectivity index (χ1n) is 12.7. The van der Waals surface area contributed by atoms with Gasteiger partial charge in [-0.3, -0.25) is 14.2 Å². The molecule has 0 fully saturated rings. The number of nitrogens with one attached hydrogen (secondary N) is 2. The molecular weight excluding hydrogens is 652 g/mol. The maximum atomic E-state index is 12.8. The molecule has 0 unspecified atom stereocenters. The van der Waals surface area contributed by atoms with E-state index in [-0.39, 0.29) is 40.0 Å². The minimum atomic E-state index is -0.587. The molecule has 0 bridgehead atoms. The Morgan fingerprint density at radius 3 is 2.38 bits per heavy atom. The van der Waals surface area contributed by atoms with E-state index in [1.165, 1.54) is 4.57 Å². The van der Waals surface area contributed by atoms with Crippen LogP contribution >= 0.6 is 35.7 Å². The lowest BCUT2D eigenvalue weighted by atomic mass is 10.1. The average Bonchev–Trinajstić information content (AvgIpc) is 3.00. The third-order valence-electron chi connectivity index (χ3n) is 5.85. The number of azo groups is 1. The second-order valence-corrected chi connectivity index (χ2v) is 10.5. The first kappa shape index (κ1) is 35.2. The Morgan fingerprint density at radius 1 is 1.02 bits per heavy atom. The number of aromatic hydroxyl groups is 1. The third-order valence-corrected chi connectivity index (χ3v) is 7.26. The fourth-order valence-corrected chi connectivity index (χ4v) is 4.60. The average molecular weight is 679 g/mol. The second kappa shape index (κ2) is 16.7. The molecule has 0 aliphatic heterocycles. The van der Waals surface area contributed by atoms with Crippen molar-refractivity contribution >= 4 is 76.3 Å². The molecule has 0 radical (unpaired) electrons. The fraction of sp³-hybridized carbons (Fsp3) is 0.192. The molecule has 19 heteroatoms. The molecule has 0 saturated carbocycles. The molecule has 2 aromatic heterocycles. The normalized spacial score (nSPS) is 10.9. The van der Waals surface area contributed by atoms with Gasteiger partial charge in [-0.2, -0.15) is 20.1 Å². The predicted octanol–water partition coefficient (Wildman–Crippen LogP) is 5.73. The Kier molecular flexibility index (Phi) is 13.0. The van der Waals surface area contributed by atoms with Crippen LogP contribution in [0.5, 0.6) is 5.88 Å². The van der Waals surface area contributed by atoms with Crippen LogP contribution in [0.3, 0.4) is 0 Å². The summed E-state index contributed by atoms with van der Waals surface area (Å²) in [6.07, 6.45) is 0. The zero-order valence-electron chi connectivity index (χ0n) is 23.8. The number of rotatable bonds is 13. The molecule has 4 rings (SSSR count). The molecule has 0 spiro atoms. The number of carbonyl (C=O) groups is 1. The maximum absolute atomic E-state index is 12.8. The predicted molar refractivity (Wildman–Crippen MR) is 169 cm³/mol. The second-order valence-electron chi connectivity index (χ2n) is 8.69. The Morgan fingerprint density at radius 2 is 1.71 bits per heavy atom. The lowest BCUT2D eigenvalue weighted by Crippen LogP contribution is -2.20. The van der Waals surface area contributed by atoms with Crippen molar-refractivity contribution in [1.82, 2.24) is 19.5 Å². The molecule has 0 amide bonds. The third kappa shape index (κ3) is 9.59. The van der Waals surface area contributed by atoms with Crippen molar-refractivity contribution in [2.45, 2.75) is 32.2 Å². The highest BCUT2D eigenvalue weighted by Gasteiger charge is 2.15. The monoisotopic (exact) mass is 678 g/mol. The summed E-state index contributed by atoms with van der Waals surface area (Å²) in [5.41, 5.74) is 2.47. The van der Waals surface area contributed by atoms with Gasteiger partial charge in [-0.1, -0.05) is 11.1 Å². The minimum absolute atomic E-state index is 0. The Balaban J connectivity index is 0.00000552. The Bertz CT molecular complexity index is 1730. The van der Waals surface area contributed by atoms with Crippen molar-refractivity contribution in [3.05, 3.63) is 75.3 Å². The number of aromatic nitrogens is 4. The largest absolute Gasteiger partial charge is 0.494 e. The number of anilines is 4. The van der Waals surface area contributed by atoms with Gasteiger partial charge in [0.05, 0.1) is 17.7 Å². The van der Waals surface area contributed by atoms with Crippen LogP contribution in [0, 0.1) is 13.8 Å². The molecule has 0 aliphatic rings. The highest BCUT2D eigenvalue weighted by molar-refractivity contribution is 7.96. The Hall–Kier alpha value is -4.30. The zero-order valence-corrected chi connectivity index (χ0v) is 26.2. The van der Waals surface area contributed by atoms with Gasteiger partial charge in [0.2, 0.25) is 17.2 Å². The quantitative estimate of drug-likeness (QED) is 0.0436. The number of nitrogens with zero attached hydrogens (tertiary/aromatic N) is 6. The van der Waals surface area contributed by atoms with E-state index in [0.29, 0.717) is 51.7 Å². The summed E-state index contributed by atoms with van der Waals surface area (Å²) in [7, 11) is 0. The van der Waals surface area contributed by atoms with E-state index in [1.54, 1.807) is 69.3 Å². The van der Waals surface area contributed by atoms with E-state index in [4.69, 9.17) is 21.0 Å². The van der Waals surface area contributed by atoms with Crippen molar-refractivity contribution in [2.75, 3.05) is 16.4 Å². The molecule has 4 aromatic rings. The molecule has 238 valence electrons. The van der Waals surface area contributed by atoms with E-state index >= 15 is 0 Å². The van der Waals surface area contributed by atoms with Crippen LogP contribution < -0.4 is 16.2 Å². The first-order chi connectivity index (χ1) is 21.2. The van der Waals surface area contributed by atoms with Gasteiger partial charge in [0, 0.05) is 40.4 Å². The van der Waals surface area contributed by atoms with Crippen LogP contribution in [-0.2, 0) is 24.9 Å². The van der Waals surface area contributed by atoms with Gasteiger partial charge in [-0.15, -0.1) is 9.45 Å². The van der Waals surface area contributed by atoms with Crippen LogP contribution in [0.1, 0.15) is 18.1 Å². The SMILES string of the molecule is CCn1c(O)c(C)c(C)c(N=Nc2cccc(Nc3nc(Cl)nc(Nc4ccc(SOC(=O)CSOOO)cc4)n3)c2)c1=O.O. The van der Waals surface area contributed by atoms with Gasteiger partial charge in [0.1, 0.15) is 5.75 Å². The summed E-state index contributed by atoms with van der Waals surface area (Å²) < 4.78 is 10.4. The van der Waals surface area contributed by atoms with Gasteiger partial charge in [0.25, 0.3) is 5.56 Å². The summed E-state index contributed by atoms with van der Waals surface area (Å²) in [5, 5.41) is 36.2. The highest BCUT2D eigenvalue weighted by Crippen LogP contribution is 2.28. The van der Waals surface area contributed by atoms with E-state index in [2.05, 4.69) is 45.2 Å². The van der Waals surface area contributed by atoms with Crippen molar-refractivity contribution in [1.29, 1.82) is 0 Å². The number of hydrogen-bond donors (Lipinski definition) is 4. The summed E-state index contributed by atoms with van der Waals surface area (Å²) in [6, 6.07) is 13.8. The number of pyridine rings is 1. The molecule has 16 nitrogen and oxygen atoms in total. The fourth-order valence-electron chi connectivity index (χ4n) is 3.62. The van der Waals surface area contributed by atoms with Crippen LogP contribution in [0.4, 0.5) is 34.6 Å². The van der Waals surface area contributed by atoms with Gasteiger partial charge in [-0.25, -0.2) is 5.26 Å². The minimum Gasteiger partial charge on any atom is -0.494 e. The molecule has 2 heterocycles. The van der Waals surface area contributed by atoms with Crippen LogP contribution in [0.2, 0.25) is 5.28 Å². The topological polar surface area (TPSA) is 226 Å². The van der Waals surface area contributed by atoms with E-state index in [1.807, 2.05) is 0 Å². The zero-order chi connectivity index (χ0) is 31.6. The van der Waals surface area contributed by atoms with E-state index in [0.717, 1.165) is 12.0 Å². The van der Waals surface area contributed by atoms with Gasteiger partial charge in [-0.05, 0) is 80.4 Å². The molecular formula is C26H27ClN8O8S2. The van der Waals surface area contributed by atoms with Gasteiger partial charge in [0.15, 0.2) is 11.6 Å². The number of benzene rings is 2. The number of hydrogen-bond acceptors (Lipinski definition) is 16. The van der Waals surface area contributed by atoms with Crippen molar-refractivity contribution in [3.63, 3.8) is 0 Å². The molecule has 2 aromatic carbocycles. The maximum Gasteiger partial charge on any atom is 0.330 e. The van der Waals surface area contributed by atoms with E-state index < -0.39 is 11.5 Å². The molecule has 6 N–H and O–H groups in total. The summed E-state index contributed by atoms with van der Waals surface area (Å²) in [5.74, 6) is -0.527. The first-order valence-corrected chi connectivity index (χ1v) is 14.7. The lowest BCUT2D eigenvalue weighted by molar-refractivity contribution is -0.432. The smallest absolute Gasteiger partial charge is 0.330 e. The standard InChI is InChI=1S/C26H25ClN8O7S2.H2O/c1-4-35-22(37)15(3)14(2)21(23(35)38)34-33-18-7-5-6-17(12-18)29-26-31-24(27)30-25(32-26)28-16-8-10-19(11-9-16)44-40-20(36)13-43-42-41-39;/h5-12,37,39H,4,13H2,1-3H3,(H2,28,29,30,31,32);1H2. The van der Waals surface area contributed by atoms with E-state index in [9.17, 15) is 14.7 Å². The van der Waals surface area contributed by atoms with Crippen LogP contribution in [0.25, 0.3) is 0 Å². The van der Waals surface area contributed by atoms with Gasteiger partial charge < -0.3 is 25.4 Å². The van der Waals surface area contributed by atoms with Gasteiger partial charge >= 0.3 is 5.97 Å². The molecule has 0 aliphatic carbocycles. The lowest BCUT2D eigenvalue weighted by Gasteiger charge is -2.12. The van der Waals surface area contributed by atoms with Crippen molar-refractivity contribution in [2.24, 2.45) is 10.2 Å². The summed E-state index contributed by atoms with van der Waals surface area (Å²) >= 11 is 7.57. The molecule has 0 saturated heterocycles. The Labute approximate surface area is 269 Å². The molecule has 0 atom stereocenters. The summed E-state index contributed by atoms with van der Waals surface area (Å²) in [4.78, 5) is 37.6. The van der Waals surface area contributed by atoms with Crippen molar-refractivity contribution in [3.8, 4) is 5.88 Å². The number of halogens is 1. The van der Waals surface area contributed by atoms with Crippen LogP contribution in [-0.4, -0.2) is 47.1 Å². The highest BCUT2D eigenvalue weighted by atomic mass is 35.5. The van der Waals surface area contributed by atoms with Crippen LogP contribution in [0.15, 0.2) is 68.4 Å². The molecule has 45 heavy (non-hydrogen) atoms.